The second-order valence-electron chi connectivity index (χ2n) is 5.70. The molecule has 0 saturated carbocycles. The third-order valence-corrected chi connectivity index (χ3v) is 2.92. The van der Waals surface area contributed by atoms with Gasteiger partial charge in [-0.05, 0) is 11.8 Å². The maximum Gasteiger partial charge on any atom is 0.239 e. The highest BCUT2D eigenvalue weighted by molar-refractivity contribution is 5.81. The maximum absolute atomic E-state index is 11.9. The van der Waals surface area contributed by atoms with Gasteiger partial charge >= 0.3 is 0 Å². The van der Waals surface area contributed by atoms with Gasteiger partial charge in [-0.2, -0.15) is 0 Å². The molecule has 0 bridgehead atoms. The molecule has 0 spiro atoms. The van der Waals surface area contributed by atoms with E-state index < -0.39 is 0 Å². The SMILES string of the molecule is CC(C)CNC(=O)CN(C)c1ncnc(N)c1C(C)C. The normalized spacial score (nSPS) is 10.9. The van der Waals surface area contributed by atoms with Crippen molar-refractivity contribution in [1.82, 2.24) is 15.3 Å². The van der Waals surface area contributed by atoms with Crippen LogP contribution in [0.2, 0.25) is 0 Å². The molecule has 1 heterocycles. The zero-order valence-corrected chi connectivity index (χ0v) is 13.0. The first-order valence-corrected chi connectivity index (χ1v) is 6.91. The van der Waals surface area contributed by atoms with Gasteiger partial charge in [0.2, 0.25) is 5.91 Å². The van der Waals surface area contributed by atoms with Gasteiger partial charge in [0, 0.05) is 19.2 Å². The van der Waals surface area contributed by atoms with E-state index in [4.69, 9.17) is 5.73 Å². The van der Waals surface area contributed by atoms with Crippen LogP contribution in [0, 0.1) is 5.92 Å². The third-order valence-electron chi connectivity index (χ3n) is 2.92. The van der Waals surface area contributed by atoms with E-state index in [2.05, 4.69) is 29.1 Å². The van der Waals surface area contributed by atoms with Gasteiger partial charge in [0.15, 0.2) is 0 Å². The van der Waals surface area contributed by atoms with Crippen LogP contribution in [-0.2, 0) is 4.79 Å². The molecule has 0 saturated heterocycles. The molecule has 1 aromatic heterocycles. The molecule has 1 rings (SSSR count). The highest BCUT2D eigenvalue weighted by Gasteiger charge is 2.17. The van der Waals surface area contributed by atoms with Crippen molar-refractivity contribution in [3.8, 4) is 0 Å². The van der Waals surface area contributed by atoms with Crippen LogP contribution < -0.4 is 16.0 Å². The topological polar surface area (TPSA) is 84.1 Å². The Morgan fingerprint density at radius 3 is 2.55 bits per heavy atom. The number of carbonyl (C=O) groups excluding carboxylic acids is 1. The largest absolute Gasteiger partial charge is 0.383 e. The summed E-state index contributed by atoms with van der Waals surface area (Å²) in [5.74, 6) is 1.80. The molecule has 0 unspecified atom stereocenters. The number of nitrogen functional groups attached to an aromatic ring is 1. The number of nitrogens with two attached hydrogens (primary N) is 1. The van der Waals surface area contributed by atoms with Crippen LogP contribution >= 0.6 is 0 Å². The minimum absolute atomic E-state index is 0.0203. The molecule has 0 aliphatic rings. The predicted octanol–water partition coefficient (Wildman–Crippen LogP) is 1.39. The molecule has 0 aliphatic carbocycles. The molecule has 0 atom stereocenters. The van der Waals surface area contributed by atoms with Gasteiger partial charge in [-0.3, -0.25) is 4.79 Å². The van der Waals surface area contributed by atoms with Crippen LogP contribution in [-0.4, -0.2) is 36.0 Å². The van der Waals surface area contributed by atoms with Gasteiger partial charge in [0.25, 0.3) is 0 Å². The Labute approximate surface area is 120 Å². The Balaban J connectivity index is 2.80. The third kappa shape index (κ3) is 4.36. The molecule has 0 radical (unpaired) electrons. The number of nitrogens with one attached hydrogen (secondary N) is 1. The molecule has 1 aromatic rings. The summed E-state index contributed by atoms with van der Waals surface area (Å²) in [6, 6.07) is 0. The van der Waals surface area contributed by atoms with E-state index in [1.165, 1.54) is 6.33 Å². The molecule has 6 nitrogen and oxygen atoms in total. The average molecular weight is 279 g/mol. The van der Waals surface area contributed by atoms with Crippen molar-refractivity contribution in [2.75, 3.05) is 30.8 Å². The van der Waals surface area contributed by atoms with Crippen molar-refractivity contribution in [3.05, 3.63) is 11.9 Å². The number of hydrogen-bond acceptors (Lipinski definition) is 5. The summed E-state index contributed by atoms with van der Waals surface area (Å²) in [5.41, 5.74) is 6.79. The highest BCUT2D eigenvalue weighted by Crippen LogP contribution is 2.28. The van der Waals surface area contributed by atoms with Gasteiger partial charge in [-0.1, -0.05) is 27.7 Å². The van der Waals surface area contributed by atoms with Gasteiger partial charge in [0.05, 0.1) is 6.54 Å². The van der Waals surface area contributed by atoms with Gasteiger partial charge in [0.1, 0.15) is 18.0 Å². The smallest absolute Gasteiger partial charge is 0.239 e. The first-order chi connectivity index (χ1) is 9.32. The summed E-state index contributed by atoms with van der Waals surface area (Å²) >= 11 is 0. The Bertz CT molecular complexity index is 459. The molecule has 112 valence electrons. The van der Waals surface area contributed by atoms with Crippen LogP contribution in [0.15, 0.2) is 6.33 Å². The van der Waals surface area contributed by atoms with Crippen LogP contribution in [0.25, 0.3) is 0 Å². The molecular formula is C14H25N5O. The zero-order chi connectivity index (χ0) is 15.3. The summed E-state index contributed by atoms with van der Waals surface area (Å²) < 4.78 is 0. The van der Waals surface area contributed by atoms with E-state index in [9.17, 15) is 4.79 Å². The number of rotatable bonds is 6. The van der Waals surface area contributed by atoms with E-state index in [1.807, 2.05) is 25.8 Å². The summed E-state index contributed by atoms with van der Waals surface area (Å²) in [4.78, 5) is 22.0. The lowest BCUT2D eigenvalue weighted by Crippen LogP contribution is -2.37. The van der Waals surface area contributed by atoms with Crippen molar-refractivity contribution < 1.29 is 4.79 Å². The number of likely N-dealkylation sites (N-methyl/N-ethyl adjacent to an activating group) is 1. The number of hydrogen-bond donors (Lipinski definition) is 2. The van der Waals surface area contributed by atoms with Crippen LogP contribution in [0.5, 0.6) is 0 Å². The van der Waals surface area contributed by atoms with E-state index in [1.54, 1.807) is 0 Å². The Hall–Kier alpha value is -1.85. The van der Waals surface area contributed by atoms with Crippen LogP contribution in [0.3, 0.4) is 0 Å². The summed E-state index contributed by atoms with van der Waals surface area (Å²) in [6.45, 7) is 9.12. The van der Waals surface area contributed by atoms with Crippen molar-refractivity contribution in [1.29, 1.82) is 0 Å². The van der Waals surface area contributed by atoms with Gasteiger partial charge in [-0.15, -0.1) is 0 Å². The highest BCUT2D eigenvalue weighted by atomic mass is 16.2. The first kappa shape index (κ1) is 16.2. The fraction of sp³-hybridized carbons (Fsp3) is 0.643. The average Bonchev–Trinajstić information content (AvgIpc) is 2.35. The van der Waals surface area contributed by atoms with Gasteiger partial charge in [-0.25, -0.2) is 9.97 Å². The zero-order valence-electron chi connectivity index (χ0n) is 13.0. The molecule has 0 aromatic carbocycles. The Morgan fingerprint density at radius 1 is 1.35 bits per heavy atom. The fourth-order valence-electron chi connectivity index (χ4n) is 1.92. The van der Waals surface area contributed by atoms with Gasteiger partial charge < -0.3 is 16.0 Å². The summed E-state index contributed by atoms with van der Waals surface area (Å²) in [6.07, 6.45) is 1.43. The van der Waals surface area contributed by atoms with E-state index in [0.717, 1.165) is 5.56 Å². The monoisotopic (exact) mass is 279 g/mol. The number of amides is 1. The number of anilines is 2. The maximum atomic E-state index is 11.9. The minimum atomic E-state index is -0.0203. The van der Waals surface area contributed by atoms with Crippen molar-refractivity contribution >= 4 is 17.5 Å². The summed E-state index contributed by atoms with van der Waals surface area (Å²) in [5, 5.41) is 2.89. The van der Waals surface area contributed by atoms with Crippen LogP contribution in [0.1, 0.15) is 39.2 Å². The van der Waals surface area contributed by atoms with Crippen LogP contribution in [0.4, 0.5) is 11.6 Å². The summed E-state index contributed by atoms with van der Waals surface area (Å²) in [7, 11) is 1.84. The van der Waals surface area contributed by atoms with Crippen molar-refractivity contribution in [2.45, 2.75) is 33.6 Å². The Morgan fingerprint density at radius 2 is 2.00 bits per heavy atom. The quantitative estimate of drug-likeness (QED) is 0.822. The molecule has 0 fully saturated rings. The van der Waals surface area contributed by atoms with E-state index in [-0.39, 0.29) is 18.4 Å². The lowest BCUT2D eigenvalue weighted by molar-refractivity contribution is -0.119. The fourth-order valence-corrected chi connectivity index (χ4v) is 1.92. The van der Waals surface area contributed by atoms with Crippen molar-refractivity contribution in [3.63, 3.8) is 0 Å². The predicted molar refractivity (Wildman–Crippen MR) is 81.7 cm³/mol. The Kier molecular flexibility index (Phi) is 5.73. The standard InChI is InChI=1S/C14H25N5O/c1-9(2)6-16-11(20)7-19(5)14-12(10(3)4)13(15)17-8-18-14/h8-10H,6-7H2,1-5H3,(H,16,20)(H2,15,17,18). The lowest BCUT2D eigenvalue weighted by atomic mass is 10.0. The van der Waals surface area contributed by atoms with Crippen molar-refractivity contribution in [2.24, 2.45) is 5.92 Å². The molecular weight excluding hydrogens is 254 g/mol. The molecule has 6 heteroatoms. The number of aromatic nitrogens is 2. The molecule has 3 N–H and O–H groups in total. The minimum Gasteiger partial charge on any atom is -0.383 e. The molecule has 20 heavy (non-hydrogen) atoms. The molecule has 1 amide bonds. The number of nitrogens with zero attached hydrogens (tertiary/aromatic N) is 3. The molecule has 0 aliphatic heterocycles. The number of carbonyl (C=O) groups is 1. The van der Waals surface area contributed by atoms with E-state index in [0.29, 0.717) is 24.1 Å². The van der Waals surface area contributed by atoms with E-state index >= 15 is 0 Å². The lowest BCUT2D eigenvalue weighted by Gasteiger charge is -2.23. The second-order valence-corrected chi connectivity index (χ2v) is 5.70. The first-order valence-electron chi connectivity index (χ1n) is 6.91. The second kappa shape index (κ2) is 7.07.